The molecule has 3 nitrogen and oxygen atoms in total. The molecule has 2 aromatic rings. The van der Waals surface area contributed by atoms with Crippen LogP contribution in [-0.2, 0) is 6.42 Å². The third kappa shape index (κ3) is 3.64. The standard InChI is InChI=1S/C16H19ClN2O/c1-11-8-14(16(17)18-10-11)19-12(2)9-13-6-4-5-7-15(13)20-3/h4-8,10,12,19H,9H2,1-3H3. The Morgan fingerprint density at radius 2 is 2.10 bits per heavy atom. The highest BCUT2D eigenvalue weighted by Crippen LogP contribution is 2.23. The van der Waals surface area contributed by atoms with Crippen LogP contribution >= 0.6 is 11.6 Å². The van der Waals surface area contributed by atoms with Gasteiger partial charge < -0.3 is 10.1 Å². The van der Waals surface area contributed by atoms with Crippen LogP contribution in [0.15, 0.2) is 36.5 Å². The summed E-state index contributed by atoms with van der Waals surface area (Å²) in [6.45, 7) is 4.12. The van der Waals surface area contributed by atoms with Crippen LogP contribution in [0.3, 0.4) is 0 Å². The lowest BCUT2D eigenvalue weighted by atomic mass is 10.1. The molecule has 0 amide bonds. The second-order valence-corrected chi connectivity index (χ2v) is 5.27. The van der Waals surface area contributed by atoms with Crippen molar-refractivity contribution in [1.82, 2.24) is 4.98 Å². The average molecular weight is 291 g/mol. The summed E-state index contributed by atoms with van der Waals surface area (Å²) in [4.78, 5) is 4.15. The molecule has 106 valence electrons. The first-order valence-corrected chi connectivity index (χ1v) is 6.98. The fraction of sp³-hybridized carbons (Fsp3) is 0.312. The summed E-state index contributed by atoms with van der Waals surface area (Å²) in [5.74, 6) is 0.912. The smallest absolute Gasteiger partial charge is 0.152 e. The van der Waals surface area contributed by atoms with Crippen LogP contribution in [0.4, 0.5) is 5.69 Å². The zero-order valence-electron chi connectivity index (χ0n) is 12.0. The first kappa shape index (κ1) is 14.7. The van der Waals surface area contributed by atoms with Crippen LogP contribution in [0, 0.1) is 6.92 Å². The maximum Gasteiger partial charge on any atom is 0.152 e. The van der Waals surface area contributed by atoms with Gasteiger partial charge in [-0.05, 0) is 43.5 Å². The Labute approximate surface area is 124 Å². The minimum absolute atomic E-state index is 0.229. The molecule has 1 aromatic carbocycles. The topological polar surface area (TPSA) is 34.1 Å². The molecule has 0 fully saturated rings. The van der Waals surface area contributed by atoms with Crippen LogP contribution in [0.25, 0.3) is 0 Å². The van der Waals surface area contributed by atoms with Crippen LogP contribution in [0.2, 0.25) is 5.15 Å². The number of aromatic nitrogens is 1. The minimum atomic E-state index is 0.229. The Balaban J connectivity index is 2.09. The molecule has 0 radical (unpaired) electrons. The number of pyridine rings is 1. The van der Waals surface area contributed by atoms with E-state index in [0.717, 1.165) is 23.4 Å². The van der Waals surface area contributed by atoms with Gasteiger partial charge in [0.1, 0.15) is 5.75 Å². The van der Waals surface area contributed by atoms with E-state index in [4.69, 9.17) is 16.3 Å². The van der Waals surface area contributed by atoms with Gasteiger partial charge in [-0.15, -0.1) is 0 Å². The molecule has 0 saturated carbocycles. The lowest BCUT2D eigenvalue weighted by molar-refractivity contribution is 0.409. The van der Waals surface area contributed by atoms with Gasteiger partial charge in [-0.2, -0.15) is 0 Å². The molecular weight excluding hydrogens is 272 g/mol. The average Bonchev–Trinajstić information content (AvgIpc) is 2.43. The summed E-state index contributed by atoms with van der Waals surface area (Å²) in [5, 5.41) is 3.90. The molecule has 0 bridgehead atoms. The Hall–Kier alpha value is -1.74. The van der Waals surface area contributed by atoms with Crippen molar-refractivity contribution in [3.05, 3.63) is 52.8 Å². The number of anilines is 1. The first-order chi connectivity index (χ1) is 9.60. The number of aryl methyl sites for hydroxylation is 1. The molecule has 1 N–H and O–H groups in total. The molecule has 4 heteroatoms. The molecule has 1 aromatic heterocycles. The first-order valence-electron chi connectivity index (χ1n) is 6.60. The Morgan fingerprint density at radius 1 is 1.35 bits per heavy atom. The Morgan fingerprint density at radius 3 is 2.85 bits per heavy atom. The molecule has 0 aliphatic carbocycles. The van der Waals surface area contributed by atoms with Gasteiger partial charge in [0.2, 0.25) is 0 Å². The lowest BCUT2D eigenvalue weighted by Crippen LogP contribution is -2.19. The Bertz CT molecular complexity index is 586. The van der Waals surface area contributed by atoms with Crippen molar-refractivity contribution in [1.29, 1.82) is 0 Å². The fourth-order valence-corrected chi connectivity index (χ4v) is 2.33. The van der Waals surface area contributed by atoms with Gasteiger partial charge >= 0.3 is 0 Å². The van der Waals surface area contributed by atoms with E-state index in [1.54, 1.807) is 13.3 Å². The van der Waals surface area contributed by atoms with Gasteiger partial charge in [-0.1, -0.05) is 29.8 Å². The molecule has 0 aliphatic rings. The molecule has 1 atom stereocenters. The van der Waals surface area contributed by atoms with E-state index in [1.807, 2.05) is 31.2 Å². The SMILES string of the molecule is COc1ccccc1CC(C)Nc1cc(C)cnc1Cl. The third-order valence-corrected chi connectivity index (χ3v) is 3.40. The normalized spacial score (nSPS) is 12.0. The number of benzene rings is 1. The summed E-state index contributed by atoms with van der Waals surface area (Å²) in [5.41, 5.74) is 3.13. The van der Waals surface area contributed by atoms with Crippen LogP contribution in [-0.4, -0.2) is 18.1 Å². The van der Waals surface area contributed by atoms with Gasteiger partial charge in [-0.25, -0.2) is 4.98 Å². The number of nitrogens with one attached hydrogen (secondary N) is 1. The summed E-state index contributed by atoms with van der Waals surface area (Å²) < 4.78 is 5.37. The lowest BCUT2D eigenvalue weighted by Gasteiger charge is -2.17. The van der Waals surface area contributed by atoms with E-state index in [2.05, 4.69) is 23.3 Å². The zero-order valence-corrected chi connectivity index (χ0v) is 12.7. The monoisotopic (exact) mass is 290 g/mol. The molecule has 1 unspecified atom stereocenters. The van der Waals surface area contributed by atoms with E-state index < -0.39 is 0 Å². The minimum Gasteiger partial charge on any atom is -0.496 e. The number of para-hydroxylation sites is 1. The van der Waals surface area contributed by atoms with E-state index in [1.165, 1.54) is 5.56 Å². The predicted octanol–water partition coefficient (Wildman–Crippen LogP) is 4.10. The van der Waals surface area contributed by atoms with Gasteiger partial charge in [0.05, 0.1) is 12.8 Å². The molecule has 1 heterocycles. The molecular formula is C16H19ClN2O. The highest BCUT2D eigenvalue weighted by molar-refractivity contribution is 6.31. The van der Waals surface area contributed by atoms with E-state index >= 15 is 0 Å². The number of hydrogen-bond donors (Lipinski definition) is 1. The van der Waals surface area contributed by atoms with E-state index in [-0.39, 0.29) is 6.04 Å². The number of nitrogens with zero attached hydrogens (tertiary/aromatic N) is 1. The molecule has 20 heavy (non-hydrogen) atoms. The highest BCUT2D eigenvalue weighted by atomic mass is 35.5. The predicted molar refractivity (Wildman–Crippen MR) is 83.8 cm³/mol. The fourth-order valence-electron chi connectivity index (χ4n) is 2.17. The Kier molecular flexibility index (Phi) is 4.85. The second-order valence-electron chi connectivity index (χ2n) is 4.91. The summed E-state index contributed by atoms with van der Waals surface area (Å²) >= 11 is 6.10. The van der Waals surface area contributed by atoms with Gasteiger partial charge in [0, 0.05) is 12.2 Å². The summed E-state index contributed by atoms with van der Waals surface area (Å²) in [6, 6.07) is 10.3. The number of methoxy groups -OCH3 is 1. The van der Waals surface area contributed by atoms with Crippen molar-refractivity contribution in [2.24, 2.45) is 0 Å². The number of ether oxygens (including phenoxy) is 1. The second kappa shape index (κ2) is 6.62. The molecule has 0 saturated heterocycles. The van der Waals surface area contributed by atoms with Gasteiger partial charge in [0.15, 0.2) is 5.15 Å². The molecule has 0 spiro atoms. The zero-order chi connectivity index (χ0) is 14.5. The van der Waals surface area contributed by atoms with Gasteiger partial charge in [-0.3, -0.25) is 0 Å². The largest absolute Gasteiger partial charge is 0.496 e. The highest BCUT2D eigenvalue weighted by Gasteiger charge is 2.10. The van der Waals surface area contributed by atoms with Crippen LogP contribution in [0.1, 0.15) is 18.1 Å². The molecule has 0 aliphatic heterocycles. The van der Waals surface area contributed by atoms with Crippen molar-refractivity contribution in [2.45, 2.75) is 26.3 Å². The van der Waals surface area contributed by atoms with Crippen molar-refractivity contribution in [2.75, 3.05) is 12.4 Å². The maximum absolute atomic E-state index is 6.10. The quantitative estimate of drug-likeness (QED) is 0.842. The number of halogens is 1. The van der Waals surface area contributed by atoms with Crippen LogP contribution < -0.4 is 10.1 Å². The van der Waals surface area contributed by atoms with E-state index in [9.17, 15) is 0 Å². The van der Waals surface area contributed by atoms with Crippen molar-refractivity contribution in [3.8, 4) is 5.75 Å². The number of rotatable bonds is 5. The molecule has 2 rings (SSSR count). The van der Waals surface area contributed by atoms with Gasteiger partial charge in [0.25, 0.3) is 0 Å². The van der Waals surface area contributed by atoms with E-state index in [0.29, 0.717) is 5.15 Å². The van der Waals surface area contributed by atoms with Crippen LogP contribution in [0.5, 0.6) is 5.75 Å². The maximum atomic E-state index is 6.10. The summed E-state index contributed by atoms with van der Waals surface area (Å²) in [7, 11) is 1.69. The van der Waals surface area contributed by atoms with Crippen molar-refractivity contribution in [3.63, 3.8) is 0 Å². The third-order valence-electron chi connectivity index (χ3n) is 3.10. The summed E-state index contributed by atoms with van der Waals surface area (Å²) in [6.07, 6.45) is 2.62. The van der Waals surface area contributed by atoms with Crippen molar-refractivity contribution >= 4 is 17.3 Å². The number of hydrogen-bond acceptors (Lipinski definition) is 3. The van der Waals surface area contributed by atoms with Crippen molar-refractivity contribution < 1.29 is 4.74 Å².